The van der Waals surface area contributed by atoms with Gasteiger partial charge in [-0.15, -0.1) is 0 Å². The van der Waals surface area contributed by atoms with E-state index in [2.05, 4.69) is 40.9 Å². The minimum atomic E-state index is 0.628. The van der Waals surface area contributed by atoms with Crippen molar-refractivity contribution in [3.8, 4) is 0 Å². The van der Waals surface area contributed by atoms with Crippen LogP contribution >= 0.6 is 34.2 Å². The molecule has 0 saturated heterocycles. The van der Waals surface area contributed by atoms with Crippen LogP contribution in [0.2, 0.25) is 5.02 Å². The molecule has 1 saturated carbocycles. The van der Waals surface area contributed by atoms with Crippen LogP contribution in [-0.2, 0) is 0 Å². The topological polar surface area (TPSA) is 24.9 Å². The minimum absolute atomic E-state index is 0.628. The molecule has 1 fully saturated rings. The van der Waals surface area contributed by atoms with Crippen LogP contribution in [0.4, 0.5) is 5.69 Å². The SMILES string of the molecule is CCCNc1cc(C2CCCC2)nc2c(I)cc(Cl)cc12. The Morgan fingerprint density at radius 2 is 2.05 bits per heavy atom. The van der Waals surface area contributed by atoms with Crippen molar-refractivity contribution in [3.05, 3.63) is 32.5 Å². The van der Waals surface area contributed by atoms with E-state index in [1.807, 2.05) is 12.1 Å². The highest BCUT2D eigenvalue weighted by Crippen LogP contribution is 2.37. The molecule has 0 amide bonds. The van der Waals surface area contributed by atoms with Crippen molar-refractivity contribution in [1.29, 1.82) is 0 Å². The third kappa shape index (κ3) is 3.29. The number of nitrogens with one attached hydrogen (secondary N) is 1. The summed E-state index contributed by atoms with van der Waals surface area (Å²) >= 11 is 8.58. The number of aromatic nitrogens is 1. The number of hydrogen-bond acceptors (Lipinski definition) is 2. The smallest absolute Gasteiger partial charge is 0.0860 e. The maximum atomic E-state index is 6.24. The Bertz CT molecular complexity index is 651. The maximum absolute atomic E-state index is 6.24. The molecule has 112 valence electrons. The van der Waals surface area contributed by atoms with Crippen molar-refractivity contribution in [1.82, 2.24) is 4.98 Å². The van der Waals surface area contributed by atoms with E-state index in [-0.39, 0.29) is 0 Å². The fourth-order valence-corrected chi connectivity index (χ4v) is 4.26. The van der Waals surface area contributed by atoms with Crippen molar-refractivity contribution < 1.29 is 0 Å². The van der Waals surface area contributed by atoms with Gasteiger partial charge in [-0.05, 0) is 60.1 Å². The lowest BCUT2D eigenvalue weighted by Gasteiger charge is -2.16. The fraction of sp³-hybridized carbons (Fsp3) is 0.471. The van der Waals surface area contributed by atoms with E-state index >= 15 is 0 Å². The van der Waals surface area contributed by atoms with Gasteiger partial charge in [0.15, 0.2) is 0 Å². The van der Waals surface area contributed by atoms with Gasteiger partial charge in [-0.1, -0.05) is 31.4 Å². The lowest BCUT2D eigenvalue weighted by Crippen LogP contribution is -2.05. The molecular weight excluding hydrogens is 395 g/mol. The van der Waals surface area contributed by atoms with E-state index in [1.54, 1.807) is 0 Å². The number of benzene rings is 1. The van der Waals surface area contributed by atoms with E-state index < -0.39 is 0 Å². The lowest BCUT2D eigenvalue weighted by atomic mass is 10.0. The molecule has 1 aromatic heterocycles. The molecule has 2 nitrogen and oxygen atoms in total. The number of fused-ring (bicyclic) bond motifs is 1. The normalized spacial score (nSPS) is 15.8. The predicted molar refractivity (Wildman–Crippen MR) is 99.5 cm³/mol. The van der Waals surface area contributed by atoms with Gasteiger partial charge in [-0.3, -0.25) is 4.98 Å². The second-order valence-corrected chi connectivity index (χ2v) is 7.39. The van der Waals surface area contributed by atoms with Crippen molar-refractivity contribution >= 4 is 50.8 Å². The molecule has 0 spiro atoms. The number of halogens is 2. The maximum Gasteiger partial charge on any atom is 0.0860 e. The quantitative estimate of drug-likeness (QED) is 0.623. The molecular formula is C17H20ClIN2. The molecule has 1 N–H and O–H groups in total. The Hall–Kier alpha value is -0.550. The highest BCUT2D eigenvalue weighted by molar-refractivity contribution is 14.1. The van der Waals surface area contributed by atoms with E-state index in [0.717, 1.165) is 32.5 Å². The van der Waals surface area contributed by atoms with Crippen LogP contribution in [0.25, 0.3) is 10.9 Å². The average Bonchev–Trinajstić information content (AvgIpc) is 2.99. The molecule has 0 unspecified atom stereocenters. The average molecular weight is 415 g/mol. The molecule has 0 bridgehead atoms. The monoisotopic (exact) mass is 414 g/mol. The second-order valence-electron chi connectivity index (χ2n) is 5.79. The molecule has 1 aliphatic carbocycles. The molecule has 0 atom stereocenters. The van der Waals surface area contributed by atoms with Gasteiger partial charge in [0.2, 0.25) is 0 Å². The summed E-state index contributed by atoms with van der Waals surface area (Å²) in [5.41, 5.74) is 3.52. The van der Waals surface area contributed by atoms with Crippen molar-refractivity contribution in [2.24, 2.45) is 0 Å². The van der Waals surface area contributed by atoms with Crippen molar-refractivity contribution in [2.45, 2.75) is 44.9 Å². The summed E-state index contributed by atoms with van der Waals surface area (Å²) in [5, 5.41) is 5.47. The van der Waals surface area contributed by atoms with Gasteiger partial charge in [-0.25, -0.2) is 0 Å². The number of pyridine rings is 1. The van der Waals surface area contributed by atoms with Gasteiger partial charge in [-0.2, -0.15) is 0 Å². The van der Waals surface area contributed by atoms with Crippen molar-refractivity contribution in [3.63, 3.8) is 0 Å². The molecule has 3 rings (SSSR count). The van der Waals surface area contributed by atoms with Crippen LogP contribution in [0.15, 0.2) is 18.2 Å². The minimum Gasteiger partial charge on any atom is -0.384 e. The van der Waals surface area contributed by atoms with Crippen LogP contribution in [-0.4, -0.2) is 11.5 Å². The molecule has 1 aliphatic rings. The summed E-state index contributed by atoms with van der Waals surface area (Å²) in [6, 6.07) is 6.28. The van der Waals surface area contributed by atoms with Gasteiger partial charge in [0.1, 0.15) is 0 Å². The summed E-state index contributed by atoms with van der Waals surface area (Å²) in [6.07, 6.45) is 6.33. The van der Waals surface area contributed by atoms with Crippen LogP contribution in [0.1, 0.15) is 50.6 Å². The Morgan fingerprint density at radius 1 is 1.29 bits per heavy atom. The van der Waals surface area contributed by atoms with Crippen LogP contribution < -0.4 is 5.32 Å². The Labute approximate surface area is 144 Å². The first kappa shape index (κ1) is 15.3. The van der Waals surface area contributed by atoms with Crippen molar-refractivity contribution in [2.75, 3.05) is 11.9 Å². The fourth-order valence-electron chi connectivity index (χ4n) is 3.11. The number of anilines is 1. The predicted octanol–water partition coefficient (Wildman–Crippen LogP) is 5.97. The molecule has 21 heavy (non-hydrogen) atoms. The molecule has 4 heteroatoms. The summed E-state index contributed by atoms with van der Waals surface area (Å²) in [6.45, 7) is 3.16. The third-order valence-electron chi connectivity index (χ3n) is 4.19. The standard InChI is InChI=1S/C17H20ClIN2/c1-2-7-20-16-10-15(11-5-3-4-6-11)21-17-13(16)8-12(18)9-14(17)19/h8-11H,2-7H2,1H3,(H,20,21). The number of nitrogens with zero attached hydrogens (tertiary/aromatic N) is 1. The van der Waals surface area contributed by atoms with Gasteiger partial charge in [0, 0.05) is 37.8 Å². The highest BCUT2D eigenvalue weighted by atomic mass is 127. The van der Waals surface area contributed by atoms with Gasteiger partial charge in [0.05, 0.1) is 5.52 Å². The van der Waals surface area contributed by atoms with E-state index in [9.17, 15) is 0 Å². The van der Waals surface area contributed by atoms with Crippen LogP contribution in [0.3, 0.4) is 0 Å². The molecule has 1 aromatic carbocycles. The summed E-state index contributed by atoms with van der Waals surface area (Å²) in [7, 11) is 0. The second kappa shape index (κ2) is 6.69. The third-order valence-corrected chi connectivity index (χ3v) is 5.23. The largest absolute Gasteiger partial charge is 0.384 e. The Kier molecular flexibility index (Phi) is 4.89. The highest BCUT2D eigenvalue weighted by Gasteiger charge is 2.20. The number of hydrogen-bond donors (Lipinski definition) is 1. The Morgan fingerprint density at radius 3 is 2.76 bits per heavy atom. The molecule has 1 heterocycles. The summed E-state index contributed by atoms with van der Waals surface area (Å²) < 4.78 is 1.13. The zero-order valence-electron chi connectivity index (χ0n) is 12.3. The van der Waals surface area contributed by atoms with E-state index in [4.69, 9.17) is 16.6 Å². The summed E-state index contributed by atoms with van der Waals surface area (Å²) in [4.78, 5) is 4.96. The Balaban J connectivity index is 2.13. The van der Waals surface area contributed by atoms with E-state index in [1.165, 1.54) is 37.1 Å². The zero-order valence-corrected chi connectivity index (χ0v) is 15.2. The number of rotatable bonds is 4. The first-order valence-electron chi connectivity index (χ1n) is 7.72. The molecule has 2 aromatic rings. The molecule has 0 aliphatic heterocycles. The van der Waals surface area contributed by atoms with Gasteiger partial charge >= 0.3 is 0 Å². The molecule has 0 radical (unpaired) electrons. The van der Waals surface area contributed by atoms with Crippen LogP contribution in [0, 0.1) is 3.57 Å². The first-order valence-corrected chi connectivity index (χ1v) is 9.18. The van der Waals surface area contributed by atoms with Gasteiger partial charge < -0.3 is 5.32 Å². The summed E-state index contributed by atoms with van der Waals surface area (Å²) in [5.74, 6) is 0.628. The first-order chi connectivity index (χ1) is 10.2. The van der Waals surface area contributed by atoms with E-state index in [0.29, 0.717) is 5.92 Å². The lowest BCUT2D eigenvalue weighted by molar-refractivity contribution is 0.701. The zero-order chi connectivity index (χ0) is 14.8. The van der Waals surface area contributed by atoms with Crippen LogP contribution in [0.5, 0.6) is 0 Å². The van der Waals surface area contributed by atoms with Gasteiger partial charge in [0.25, 0.3) is 0 Å².